The van der Waals surface area contributed by atoms with Crippen molar-refractivity contribution in [2.75, 3.05) is 14.1 Å². The van der Waals surface area contributed by atoms with Crippen LogP contribution < -0.4 is 5.32 Å². The fourth-order valence-electron chi connectivity index (χ4n) is 3.68. The lowest BCUT2D eigenvalue weighted by Crippen LogP contribution is -2.24. The van der Waals surface area contributed by atoms with Crippen molar-refractivity contribution in [3.63, 3.8) is 0 Å². The second-order valence-electron chi connectivity index (χ2n) is 7.61. The maximum absolute atomic E-state index is 12.9. The van der Waals surface area contributed by atoms with E-state index in [-0.39, 0.29) is 13.3 Å². The molecule has 162 valence electrons. The molecule has 0 bridgehead atoms. The molecule has 0 aliphatic carbocycles. The summed E-state index contributed by atoms with van der Waals surface area (Å²) in [5.74, 6) is -1.10. The minimum absolute atomic E-state index is 0. The second kappa shape index (κ2) is 9.90. The number of nitriles is 1. The molecular weight excluding hydrogens is 390 g/mol. The van der Waals surface area contributed by atoms with E-state index in [2.05, 4.69) is 16.4 Å². The molecule has 7 heteroatoms. The lowest BCUT2D eigenvalue weighted by molar-refractivity contribution is -0.123. The van der Waals surface area contributed by atoms with E-state index < -0.39 is 5.91 Å². The van der Waals surface area contributed by atoms with Crippen LogP contribution in [-0.4, -0.2) is 40.4 Å². The first-order valence-electron chi connectivity index (χ1n) is 10.4. The van der Waals surface area contributed by atoms with Gasteiger partial charge in [0.2, 0.25) is 0 Å². The highest BCUT2D eigenvalue weighted by molar-refractivity contribution is 6.37. The van der Waals surface area contributed by atoms with E-state index in [1.54, 1.807) is 6.20 Å². The molecule has 0 aromatic carbocycles. The Morgan fingerprint density at radius 3 is 2.84 bits per heavy atom. The summed E-state index contributed by atoms with van der Waals surface area (Å²) in [6.45, 7) is 2.64. The molecule has 1 N–H and O–H groups in total. The molecule has 3 rings (SSSR count). The third-order valence-corrected chi connectivity index (χ3v) is 5.06. The Balaban J connectivity index is 0.00000363. The van der Waals surface area contributed by atoms with Crippen LogP contribution in [0.2, 0.25) is 0 Å². The molecule has 0 saturated carbocycles. The molecule has 0 radical (unpaired) electrons. The number of allylic oxidation sites excluding steroid dienone is 3. The molecular formula is C24H29N5O2. The second-order valence-corrected chi connectivity index (χ2v) is 7.61. The Kier molecular flexibility index (Phi) is 7.03. The molecule has 0 fully saturated rings. The lowest BCUT2D eigenvalue weighted by Gasteiger charge is -2.12. The third-order valence-electron chi connectivity index (χ3n) is 5.06. The number of hydrogen-bond acceptors (Lipinski definition) is 5. The Bertz CT molecular complexity index is 1120. The molecule has 3 heterocycles. The van der Waals surface area contributed by atoms with Crippen molar-refractivity contribution < 1.29 is 11.0 Å². The Labute approximate surface area is 183 Å². The summed E-state index contributed by atoms with van der Waals surface area (Å²) < 4.78 is 1.95. The van der Waals surface area contributed by atoms with E-state index in [1.807, 2.05) is 73.2 Å². The number of hydrogen-bond donors (Lipinski definition) is 1. The molecule has 2 amide bonds. The number of rotatable bonds is 9. The monoisotopic (exact) mass is 419 g/mol. The van der Waals surface area contributed by atoms with Crippen LogP contribution in [0.1, 0.15) is 33.2 Å². The van der Waals surface area contributed by atoms with Gasteiger partial charge < -0.3 is 9.47 Å². The summed E-state index contributed by atoms with van der Waals surface area (Å²) in [6, 6.07) is 5.88. The third kappa shape index (κ3) is 4.75. The number of fused-ring (bicyclic) bond motifs is 1. The number of nitrogens with one attached hydrogen (secondary N) is 1. The van der Waals surface area contributed by atoms with Gasteiger partial charge in [0.05, 0.1) is 11.6 Å². The minimum Gasteiger partial charge on any atom is -0.384 e. The summed E-state index contributed by atoms with van der Waals surface area (Å²) in [4.78, 5) is 32.1. The summed E-state index contributed by atoms with van der Waals surface area (Å²) in [7, 11) is 3.82. The Hall–Kier alpha value is -3.66. The normalized spacial score (nSPS) is 15.3. The highest BCUT2D eigenvalue weighted by atomic mass is 16.2. The fourth-order valence-corrected chi connectivity index (χ4v) is 3.68. The van der Waals surface area contributed by atoms with Gasteiger partial charge in [-0.2, -0.15) is 5.26 Å². The molecule has 1 atom stereocenters. The number of carbonyl (C=O) groups is 2. The molecule has 1 unspecified atom stereocenters. The number of aryl methyl sites for hydroxylation is 1. The smallest absolute Gasteiger partial charge is 0.259 e. The number of imide groups is 1. The van der Waals surface area contributed by atoms with Crippen LogP contribution in [0.3, 0.4) is 0 Å². The van der Waals surface area contributed by atoms with Crippen molar-refractivity contribution in [2.45, 2.75) is 32.7 Å². The van der Waals surface area contributed by atoms with Gasteiger partial charge in [-0.05, 0) is 31.2 Å². The largest absolute Gasteiger partial charge is 0.384 e. The van der Waals surface area contributed by atoms with E-state index >= 15 is 0 Å². The summed E-state index contributed by atoms with van der Waals surface area (Å²) >= 11 is 0. The number of nitrogens with zero attached hydrogens (tertiary/aromatic N) is 4. The lowest BCUT2D eigenvalue weighted by atomic mass is 9.91. The van der Waals surface area contributed by atoms with Crippen molar-refractivity contribution in [3.8, 4) is 6.07 Å². The predicted molar refractivity (Wildman–Crippen MR) is 123 cm³/mol. The minimum atomic E-state index is -0.395. The van der Waals surface area contributed by atoms with Crippen LogP contribution in [0.25, 0.3) is 16.6 Å². The van der Waals surface area contributed by atoms with Gasteiger partial charge >= 0.3 is 0 Å². The maximum atomic E-state index is 12.9. The van der Waals surface area contributed by atoms with Gasteiger partial charge in [0, 0.05) is 63.3 Å². The number of pyridine rings is 1. The van der Waals surface area contributed by atoms with Crippen molar-refractivity contribution in [1.29, 1.82) is 5.26 Å². The maximum Gasteiger partial charge on any atom is 0.259 e. The zero-order chi connectivity index (χ0) is 22.4. The van der Waals surface area contributed by atoms with Gasteiger partial charge in [-0.15, -0.1) is 0 Å². The van der Waals surface area contributed by atoms with E-state index in [1.165, 1.54) is 0 Å². The Morgan fingerprint density at radius 2 is 2.13 bits per heavy atom. The van der Waals surface area contributed by atoms with Gasteiger partial charge in [-0.25, -0.2) is 4.98 Å². The topological polar surface area (TPSA) is 91.0 Å². The molecule has 1 aliphatic heterocycles. The molecule has 0 spiro atoms. The molecule has 7 nitrogen and oxygen atoms in total. The van der Waals surface area contributed by atoms with Gasteiger partial charge in [0.1, 0.15) is 5.65 Å². The van der Waals surface area contributed by atoms with Crippen LogP contribution in [0.5, 0.6) is 0 Å². The van der Waals surface area contributed by atoms with Gasteiger partial charge in [0.25, 0.3) is 11.8 Å². The highest BCUT2D eigenvalue weighted by Gasteiger charge is 2.35. The van der Waals surface area contributed by atoms with E-state index in [4.69, 9.17) is 5.26 Å². The number of carbonyl (C=O) groups excluding carboxylic acids is 2. The molecule has 0 saturated heterocycles. The highest BCUT2D eigenvalue weighted by Crippen LogP contribution is 2.35. The molecule has 2 aromatic heterocycles. The van der Waals surface area contributed by atoms with Crippen LogP contribution >= 0.6 is 0 Å². The van der Waals surface area contributed by atoms with E-state index in [9.17, 15) is 9.59 Å². The van der Waals surface area contributed by atoms with Crippen LogP contribution in [-0.2, 0) is 16.1 Å². The van der Waals surface area contributed by atoms with Gasteiger partial charge in [-0.1, -0.05) is 25.2 Å². The molecule has 1 aliphatic rings. The van der Waals surface area contributed by atoms with Gasteiger partial charge in [-0.3, -0.25) is 14.9 Å². The number of unbranched alkanes of at least 4 members (excludes halogenated alkanes) is 1. The standard InChI is InChI=1S/C24H27N5O2.H2/c1-4-5-9-17(11-15-28(2)3)20-21(24(31)27-23(20)30)19-16-29(14-7-6-12-25)22-18(19)10-8-13-26-22;/h5,8-11,13,15-17H,4,6-7,14H2,1-3H3,(H,27,30,31);1H/b9-5?,15-11-;. The summed E-state index contributed by atoms with van der Waals surface area (Å²) in [6.07, 6.45) is 13.3. The first kappa shape index (κ1) is 22.0. The van der Waals surface area contributed by atoms with Crippen molar-refractivity contribution in [2.24, 2.45) is 5.92 Å². The first-order valence-corrected chi connectivity index (χ1v) is 10.4. The first-order chi connectivity index (χ1) is 15.0. The Morgan fingerprint density at radius 1 is 1.32 bits per heavy atom. The van der Waals surface area contributed by atoms with Crippen molar-refractivity contribution >= 4 is 28.4 Å². The average molecular weight is 420 g/mol. The predicted octanol–water partition coefficient (Wildman–Crippen LogP) is 3.65. The molecule has 31 heavy (non-hydrogen) atoms. The van der Waals surface area contributed by atoms with Crippen LogP contribution in [0.15, 0.2) is 54.5 Å². The van der Waals surface area contributed by atoms with E-state index in [0.29, 0.717) is 36.1 Å². The molecule has 2 aromatic rings. The number of amides is 2. The zero-order valence-electron chi connectivity index (χ0n) is 18.1. The SMILES string of the molecule is CCC=CC(/C=C\N(C)C)C1=C(c2cn(CCCC#N)c3ncccc23)C(=O)NC1=O.[HH]. The summed E-state index contributed by atoms with van der Waals surface area (Å²) in [5.41, 5.74) is 2.24. The van der Waals surface area contributed by atoms with Crippen molar-refractivity contribution in [1.82, 2.24) is 19.8 Å². The zero-order valence-corrected chi connectivity index (χ0v) is 18.1. The van der Waals surface area contributed by atoms with Crippen molar-refractivity contribution in [3.05, 3.63) is 60.1 Å². The van der Waals surface area contributed by atoms with Crippen LogP contribution in [0.4, 0.5) is 0 Å². The average Bonchev–Trinajstić information content (AvgIpc) is 3.25. The van der Waals surface area contributed by atoms with Gasteiger partial charge in [0.15, 0.2) is 0 Å². The van der Waals surface area contributed by atoms with E-state index in [0.717, 1.165) is 17.5 Å². The fraction of sp³-hybridized carbons (Fsp3) is 0.333. The van der Waals surface area contributed by atoms with Crippen LogP contribution in [0, 0.1) is 17.2 Å². The number of aromatic nitrogens is 2. The summed E-state index contributed by atoms with van der Waals surface area (Å²) in [5, 5.41) is 12.2. The quantitative estimate of drug-likeness (QED) is 0.381.